The number of nitrogen functional groups attached to an aromatic ring is 1. The van der Waals surface area contributed by atoms with Crippen molar-refractivity contribution >= 4 is 34.2 Å². The number of nitrogens with zero attached hydrogens (tertiary/aromatic N) is 10. The summed E-state index contributed by atoms with van der Waals surface area (Å²) in [5, 5.41) is 9.73. The number of nitrogens with two attached hydrogens (primary N) is 1. The van der Waals surface area contributed by atoms with E-state index >= 15 is 4.39 Å². The van der Waals surface area contributed by atoms with E-state index in [-0.39, 0.29) is 17.7 Å². The van der Waals surface area contributed by atoms with Crippen LogP contribution in [0, 0.1) is 5.82 Å². The van der Waals surface area contributed by atoms with Gasteiger partial charge < -0.3 is 24.9 Å². The fourth-order valence-corrected chi connectivity index (χ4v) is 5.15. The van der Waals surface area contributed by atoms with Crippen LogP contribution in [0.5, 0.6) is 0 Å². The van der Waals surface area contributed by atoms with Crippen LogP contribution in [0.1, 0.15) is 10.4 Å². The highest BCUT2D eigenvalue weighted by molar-refractivity contribution is 5.94. The first-order chi connectivity index (χ1) is 20.3. The molecule has 1 aromatic carbocycles. The molecule has 0 aliphatic carbocycles. The number of aromatic nitrogens is 6. The molecule has 1 fully saturated rings. The number of amides is 1. The molecule has 14 heteroatoms. The van der Waals surface area contributed by atoms with Gasteiger partial charge in [0.25, 0.3) is 5.91 Å². The lowest BCUT2D eigenvalue weighted by Gasteiger charge is -2.36. The van der Waals surface area contributed by atoms with E-state index in [0.717, 1.165) is 31.6 Å². The Morgan fingerprint density at radius 1 is 1.05 bits per heavy atom. The van der Waals surface area contributed by atoms with Crippen LogP contribution in [0.3, 0.4) is 0 Å². The van der Waals surface area contributed by atoms with Crippen molar-refractivity contribution in [2.75, 3.05) is 77.6 Å². The first-order valence-corrected chi connectivity index (χ1v) is 13.9. The molecule has 0 spiro atoms. The van der Waals surface area contributed by atoms with Crippen LogP contribution in [0.25, 0.3) is 28.3 Å². The van der Waals surface area contributed by atoms with Gasteiger partial charge in [0.1, 0.15) is 5.82 Å². The molecular weight excluding hydrogens is 541 g/mol. The Labute approximate surface area is 241 Å². The highest BCUT2D eigenvalue weighted by Gasteiger charge is 2.22. The molecular formula is C28H34FN11O2. The molecule has 13 nitrogen and oxygen atoms in total. The summed E-state index contributed by atoms with van der Waals surface area (Å²) in [7, 11) is 5.64. The number of carbonyl (C=O) groups is 1. The number of halogens is 1. The monoisotopic (exact) mass is 575 g/mol. The molecule has 1 aliphatic rings. The Balaban J connectivity index is 1.07. The van der Waals surface area contributed by atoms with Crippen molar-refractivity contribution in [3.05, 3.63) is 54.2 Å². The number of piperazine rings is 1. The largest absolute Gasteiger partial charge is 0.461 e. The maximum atomic E-state index is 15.1. The van der Waals surface area contributed by atoms with Crippen LogP contribution in [0.4, 0.5) is 16.0 Å². The van der Waals surface area contributed by atoms with Crippen LogP contribution in [-0.4, -0.2) is 117 Å². The Morgan fingerprint density at radius 2 is 1.86 bits per heavy atom. The minimum absolute atomic E-state index is 0.183. The second-order valence-electron chi connectivity index (χ2n) is 10.7. The maximum Gasteiger partial charge on any atom is 0.253 e. The number of likely N-dealkylation sites (N-methyl/N-ethyl adjacent to an activating group) is 2. The van der Waals surface area contributed by atoms with Gasteiger partial charge in [0, 0.05) is 58.4 Å². The van der Waals surface area contributed by atoms with E-state index in [1.807, 2.05) is 28.6 Å². The lowest BCUT2D eigenvalue weighted by molar-refractivity contribution is 0.0786. The number of anilines is 2. The third kappa shape index (κ3) is 5.37. The summed E-state index contributed by atoms with van der Waals surface area (Å²) in [4.78, 5) is 29.8. The minimum Gasteiger partial charge on any atom is -0.461 e. The van der Waals surface area contributed by atoms with Gasteiger partial charge in [-0.15, -0.1) is 5.10 Å². The highest BCUT2D eigenvalue weighted by atomic mass is 19.1. The molecule has 220 valence electrons. The summed E-state index contributed by atoms with van der Waals surface area (Å²) in [6.45, 7) is 5.56. The average Bonchev–Trinajstić information content (AvgIpc) is 3.75. The number of rotatable bonds is 9. The van der Waals surface area contributed by atoms with Gasteiger partial charge in [0.2, 0.25) is 11.8 Å². The molecule has 1 aliphatic heterocycles. The molecule has 0 atom stereocenters. The SMILES string of the molecule is CN(C)CCN(C)C(=O)c1ccc(N2CCN(CCn3ncc4c3nc(N)n3nc(-c5ccco5)nc43)CC2)c(F)c1. The standard InChI is InChI=1S/C28H34FN11O2/c1-35(2)8-9-36(3)27(41)19-6-7-22(21(29)17-19)38-13-10-37(11-14-38)12-15-39-25-20(18-31-39)26-32-24(23-5-4-16-42-23)34-40(26)28(30)33-25/h4-7,16-18H,8-15H2,1-3H3,(H2,30,33). The van der Waals surface area contributed by atoms with Crippen LogP contribution in [-0.2, 0) is 6.54 Å². The topological polar surface area (TPSA) is 130 Å². The summed E-state index contributed by atoms with van der Waals surface area (Å²) >= 11 is 0. The molecule has 1 amide bonds. The molecule has 5 aromatic rings. The van der Waals surface area contributed by atoms with E-state index in [2.05, 4.69) is 25.1 Å². The van der Waals surface area contributed by atoms with Crippen LogP contribution in [0.2, 0.25) is 0 Å². The number of furan rings is 1. The zero-order chi connectivity index (χ0) is 29.4. The van der Waals surface area contributed by atoms with E-state index in [1.54, 1.807) is 48.7 Å². The van der Waals surface area contributed by atoms with Crippen molar-refractivity contribution in [1.29, 1.82) is 0 Å². The van der Waals surface area contributed by atoms with Crippen molar-refractivity contribution in [3.8, 4) is 11.6 Å². The molecule has 5 heterocycles. The van der Waals surface area contributed by atoms with Gasteiger partial charge in [0.15, 0.2) is 17.1 Å². The van der Waals surface area contributed by atoms with E-state index in [1.165, 1.54) is 10.6 Å². The van der Waals surface area contributed by atoms with Crippen LogP contribution >= 0.6 is 0 Å². The highest BCUT2D eigenvalue weighted by Crippen LogP contribution is 2.25. The van der Waals surface area contributed by atoms with E-state index in [0.29, 0.717) is 60.3 Å². The van der Waals surface area contributed by atoms with Gasteiger partial charge >= 0.3 is 0 Å². The van der Waals surface area contributed by atoms with E-state index in [4.69, 9.17) is 10.2 Å². The summed E-state index contributed by atoms with van der Waals surface area (Å²) < 4.78 is 23.8. The summed E-state index contributed by atoms with van der Waals surface area (Å²) in [6, 6.07) is 8.34. The van der Waals surface area contributed by atoms with Crippen LogP contribution in [0.15, 0.2) is 47.2 Å². The fraction of sp³-hybridized carbons (Fsp3) is 0.393. The van der Waals surface area contributed by atoms with E-state index in [9.17, 15) is 4.79 Å². The second-order valence-corrected chi connectivity index (χ2v) is 10.7. The Hall–Kier alpha value is -4.56. The van der Waals surface area contributed by atoms with Crippen molar-refractivity contribution in [2.24, 2.45) is 0 Å². The van der Waals surface area contributed by atoms with E-state index < -0.39 is 0 Å². The van der Waals surface area contributed by atoms with Gasteiger partial charge in [-0.05, 0) is 44.4 Å². The van der Waals surface area contributed by atoms with Crippen molar-refractivity contribution in [3.63, 3.8) is 0 Å². The Bertz CT molecular complexity index is 1700. The predicted molar refractivity (Wildman–Crippen MR) is 157 cm³/mol. The molecule has 0 bridgehead atoms. The van der Waals surface area contributed by atoms with Gasteiger partial charge in [-0.3, -0.25) is 9.69 Å². The van der Waals surface area contributed by atoms with Gasteiger partial charge in [-0.1, -0.05) is 0 Å². The minimum atomic E-state index is -0.378. The molecule has 0 saturated carbocycles. The molecule has 0 radical (unpaired) electrons. The van der Waals surface area contributed by atoms with Gasteiger partial charge in [0.05, 0.1) is 30.1 Å². The number of fused-ring (bicyclic) bond motifs is 3. The maximum absolute atomic E-state index is 15.1. The van der Waals surface area contributed by atoms with Gasteiger partial charge in [-0.25, -0.2) is 14.1 Å². The third-order valence-corrected chi connectivity index (χ3v) is 7.60. The number of hydrogen-bond donors (Lipinski definition) is 1. The molecule has 1 saturated heterocycles. The zero-order valence-electron chi connectivity index (χ0n) is 23.9. The molecule has 6 rings (SSSR count). The number of carbonyl (C=O) groups excluding carboxylic acids is 1. The summed E-state index contributed by atoms with van der Waals surface area (Å²) in [5.74, 6) is 0.629. The Morgan fingerprint density at radius 3 is 2.57 bits per heavy atom. The third-order valence-electron chi connectivity index (χ3n) is 7.60. The van der Waals surface area contributed by atoms with Crippen LogP contribution < -0.4 is 10.6 Å². The molecule has 4 aromatic heterocycles. The molecule has 2 N–H and O–H groups in total. The van der Waals surface area contributed by atoms with Crippen molar-refractivity contribution < 1.29 is 13.6 Å². The first kappa shape index (κ1) is 27.6. The lowest BCUT2D eigenvalue weighted by Crippen LogP contribution is -2.47. The predicted octanol–water partition coefficient (Wildman–Crippen LogP) is 1.91. The second kappa shape index (κ2) is 11.4. The summed E-state index contributed by atoms with van der Waals surface area (Å²) in [5.41, 5.74) is 8.30. The fourth-order valence-electron chi connectivity index (χ4n) is 5.15. The number of benzene rings is 1. The van der Waals surface area contributed by atoms with Crippen molar-refractivity contribution in [1.82, 2.24) is 44.1 Å². The zero-order valence-corrected chi connectivity index (χ0v) is 23.9. The quantitative estimate of drug-likeness (QED) is 0.278. The Kier molecular flexibility index (Phi) is 7.47. The normalized spacial score (nSPS) is 14.5. The smallest absolute Gasteiger partial charge is 0.253 e. The van der Waals surface area contributed by atoms with Gasteiger partial charge in [-0.2, -0.15) is 14.6 Å². The number of hydrogen-bond acceptors (Lipinski definition) is 10. The summed E-state index contributed by atoms with van der Waals surface area (Å²) in [6.07, 6.45) is 3.30. The lowest BCUT2D eigenvalue weighted by atomic mass is 10.1. The average molecular weight is 576 g/mol. The first-order valence-electron chi connectivity index (χ1n) is 13.9. The molecule has 0 unspecified atom stereocenters. The van der Waals surface area contributed by atoms with Crippen molar-refractivity contribution in [2.45, 2.75) is 6.54 Å². The molecule has 42 heavy (non-hydrogen) atoms.